The molecule has 0 aliphatic carbocycles. The number of fused-ring (bicyclic) bond motifs is 1. The predicted molar refractivity (Wildman–Crippen MR) is 118 cm³/mol. The second kappa shape index (κ2) is 10.2. The van der Waals surface area contributed by atoms with Gasteiger partial charge in [0.25, 0.3) is 5.56 Å². The number of rotatable bonds is 7. The molecule has 2 aromatic carbocycles. The molecule has 1 aromatic heterocycles. The first-order chi connectivity index (χ1) is 13.5. The molecule has 0 saturated heterocycles. The molecule has 6 nitrogen and oxygen atoms in total. The van der Waals surface area contributed by atoms with Gasteiger partial charge in [0, 0.05) is 25.6 Å². The lowest BCUT2D eigenvalue weighted by molar-refractivity contribution is -0.121. The van der Waals surface area contributed by atoms with Crippen LogP contribution in [0.4, 0.5) is 0 Å². The lowest BCUT2D eigenvalue weighted by Gasteiger charge is -2.15. The molecule has 0 aliphatic heterocycles. The number of hydrogen-bond donors (Lipinski definition) is 2. The Bertz CT molecular complexity index is 1020. The minimum Gasteiger partial charge on any atom is -0.354 e. The first-order valence-corrected chi connectivity index (χ1v) is 9.52. The van der Waals surface area contributed by atoms with Crippen molar-refractivity contribution in [3.63, 3.8) is 0 Å². The first kappa shape index (κ1) is 22.6. The summed E-state index contributed by atoms with van der Waals surface area (Å²) < 4.78 is 1.46. The summed E-state index contributed by atoms with van der Waals surface area (Å²) in [6, 6.07) is 15.1. The van der Waals surface area contributed by atoms with Crippen LogP contribution in [0.25, 0.3) is 10.9 Å². The third-order valence-electron chi connectivity index (χ3n) is 4.86. The quantitative estimate of drug-likeness (QED) is 0.621. The molecule has 1 unspecified atom stereocenters. The average molecular weight is 415 g/mol. The van der Waals surface area contributed by atoms with Crippen LogP contribution in [0.3, 0.4) is 0 Å². The van der Waals surface area contributed by atoms with Crippen molar-refractivity contribution < 1.29 is 4.79 Å². The van der Waals surface area contributed by atoms with E-state index < -0.39 is 0 Å². The monoisotopic (exact) mass is 414 g/mol. The van der Waals surface area contributed by atoms with E-state index in [1.165, 1.54) is 16.5 Å². The van der Waals surface area contributed by atoms with Crippen LogP contribution in [0.2, 0.25) is 0 Å². The molecule has 3 aromatic rings. The number of nitrogens with zero attached hydrogens (tertiary/aromatic N) is 2. The van der Waals surface area contributed by atoms with E-state index in [-0.39, 0.29) is 42.9 Å². The van der Waals surface area contributed by atoms with Crippen LogP contribution >= 0.6 is 12.4 Å². The molecule has 0 spiro atoms. The van der Waals surface area contributed by atoms with Gasteiger partial charge in [-0.1, -0.05) is 50.2 Å². The van der Waals surface area contributed by atoms with E-state index in [1.54, 1.807) is 18.2 Å². The first-order valence-electron chi connectivity index (χ1n) is 9.52. The fraction of sp³-hybridized carbons (Fsp3) is 0.318. The number of amides is 1. The number of carbonyl (C=O) groups is 1. The summed E-state index contributed by atoms with van der Waals surface area (Å²) in [6.45, 7) is 4.92. The van der Waals surface area contributed by atoms with Gasteiger partial charge in [-0.25, -0.2) is 4.98 Å². The van der Waals surface area contributed by atoms with Crippen LogP contribution in [0.5, 0.6) is 0 Å². The van der Waals surface area contributed by atoms with Gasteiger partial charge in [0.1, 0.15) is 0 Å². The van der Waals surface area contributed by atoms with Crippen molar-refractivity contribution in [2.45, 2.75) is 38.8 Å². The van der Waals surface area contributed by atoms with E-state index >= 15 is 0 Å². The van der Waals surface area contributed by atoms with E-state index in [1.807, 2.05) is 18.2 Å². The molecule has 154 valence electrons. The van der Waals surface area contributed by atoms with Gasteiger partial charge in [-0.15, -0.1) is 12.4 Å². The number of carbonyl (C=O) groups excluding carboxylic acids is 1. The topological polar surface area (TPSA) is 90.0 Å². The molecule has 1 atom stereocenters. The number of hydrogen-bond acceptors (Lipinski definition) is 4. The van der Waals surface area contributed by atoms with Crippen LogP contribution in [0.15, 0.2) is 59.7 Å². The van der Waals surface area contributed by atoms with Crippen molar-refractivity contribution in [2.24, 2.45) is 5.73 Å². The Hall–Kier alpha value is -2.70. The fourth-order valence-corrected chi connectivity index (χ4v) is 3.05. The van der Waals surface area contributed by atoms with Crippen molar-refractivity contribution in [1.29, 1.82) is 0 Å². The number of benzene rings is 2. The van der Waals surface area contributed by atoms with Gasteiger partial charge in [0.2, 0.25) is 5.91 Å². The SMILES string of the molecule is CC(C)c1ccc(C(N)CNC(=O)CCn2cnc3ccccc3c2=O)cc1.Cl. The largest absolute Gasteiger partial charge is 0.354 e. The van der Waals surface area contributed by atoms with E-state index in [2.05, 4.69) is 36.3 Å². The van der Waals surface area contributed by atoms with Crippen molar-refractivity contribution in [3.05, 3.63) is 76.3 Å². The van der Waals surface area contributed by atoms with E-state index in [4.69, 9.17) is 5.73 Å². The maximum atomic E-state index is 12.4. The number of aromatic nitrogens is 2. The van der Waals surface area contributed by atoms with Crippen molar-refractivity contribution in [2.75, 3.05) is 6.54 Å². The van der Waals surface area contributed by atoms with Gasteiger partial charge in [-0.3, -0.25) is 14.2 Å². The number of halogens is 1. The highest BCUT2D eigenvalue weighted by Crippen LogP contribution is 2.17. The molecule has 0 fully saturated rings. The zero-order chi connectivity index (χ0) is 20.1. The minimum absolute atomic E-state index is 0. The zero-order valence-corrected chi connectivity index (χ0v) is 17.5. The molecule has 0 radical (unpaired) electrons. The maximum Gasteiger partial charge on any atom is 0.261 e. The Labute approximate surface area is 176 Å². The smallest absolute Gasteiger partial charge is 0.261 e. The summed E-state index contributed by atoms with van der Waals surface area (Å²) in [5.74, 6) is 0.326. The average Bonchev–Trinajstić information content (AvgIpc) is 2.71. The van der Waals surface area contributed by atoms with Crippen LogP contribution in [-0.4, -0.2) is 22.0 Å². The number of nitrogens with one attached hydrogen (secondary N) is 1. The Kier molecular flexibility index (Phi) is 7.93. The van der Waals surface area contributed by atoms with Gasteiger partial charge >= 0.3 is 0 Å². The molecule has 3 rings (SSSR count). The van der Waals surface area contributed by atoms with Crippen LogP contribution in [0.1, 0.15) is 43.4 Å². The summed E-state index contributed by atoms with van der Waals surface area (Å²) in [4.78, 5) is 28.9. The van der Waals surface area contributed by atoms with Crippen molar-refractivity contribution >= 4 is 29.2 Å². The Morgan fingerprint density at radius 1 is 1.10 bits per heavy atom. The summed E-state index contributed by atoms with van der Waals surface area (Å²) >= 11 is 0. The number of para-hydroxylation sites is 1. The Morgan fingerprint density at radius 3 is 2.45 bits per heavy atom. The molecule has 7 heteroatoms. The number of nitrogens with two attached hydrogens (primary N) is 1. The highest BCUT2D eigenvalue weighted by atomic mass is 35.5. The standard InChI is InChI=1S/C22H26N4O2.ClH/c1-15(2)16-7-9-17(10-8-16)19(23)13-24-21(27)11-12-26-14-25-20-6-4-3-5-18(20)22(26)28;/h3-10,14-15,19H,11-13,23H2,1-2H3,(H,24,27);1H. The van der Waals surface area contributed by atoms with Crippen LogP contribution < -0.4 is 16.6 Å². The van der Waals surface area contributed by atoms with Crippen LogP contribution in [-0.2, 0) is 11.3 Å². The molecule has 3 N–H and O–H groups in total. The molecule has 0 aliphatic rings. The number of aryl methyl sites for hydroxylation is 1. The summed E-state index contributed by atoms with van der Waals surface area (Å²) in [6.07, 6.45) is 1.68. The van der Waals surface area contributed by atoms with Crippen LogP contribution in [0, 0.1) is 0 Å². The Morgan fingerprint density at radius 2 is 1.76 bits per heavy atom. The zero-order valence-electron chi connectivity index (χ0n) is 16.7. The normalized spacial score (nSPS) is 11.9. The second-order valence-corrected chi connectivity index (χ2v) is 7.24. The third-order valence-corrected chi connectivity index (χ3v) is 4.86. The van der Waals surface area contributed by atoms with Crippen molar-refractivity contribution in [1.82, 2.24) is 14.9 Å². The van der Waals surface area contributed by atoms with E-state index in [9.17, 15) is 9.59 Å². The third kappa shape index (κ3) is 5.65. The van der Waals surface area contributed by atoms with Gasteiger partial charge < -0.3 is 11.1 Å². The molecular formula is C22H27ClN4O2. The fourth-order valence-electron chi connectivity index (χ4n) is 3.05. The molecule has 1 amide bonds. The van der Waals surface area contributed by atoms with Gasteiger partial charge in [-0.05, 0) is 29.2 Å². The molecule has 1 heterocycles. The predicted octanol–water partition coefficient (Wildman–Crippen LogP) is 3.15. The lowest BCUT2D eigenvalue weighted by atomic mass is 9.99. The highest BCUT2D eigenvalue weighted by molar-refractivity contribution is 5.85. The molecule has 0 saturated carbocycles. The minimum atomic E-state index is -0.268. The summed E-state index contributed by atoms with van der Waals surface area (Å²) in [7, 11) is 0. The van der Waals surface area contributed by atoms with E-state index in [0.29, 0.717) is 23.4 Å². The maximum absolute atomic E-state index is 12.4. The second-order valence-electron chi connectivity index (χ2n) is 7.24. The van der Waals surface area contributed by atoms with Gasteiger partial charge in [0.15, 0.2) is 0 Å². The van der Waals surface area contributed by atoms with Gasteiger partial charge in [-0.2, -0.15) is 0 Å². The summed E-state index contributed by atoms with van der Waals surface area (Å²) in [5.41, 5.74) is 8.94. The van der Waals surface area contributed by atoms with Gasteiger partial charge in [0.05, 0.1) is 17.2 Å². The molecular weight excluding hydrogens is 388 g/mol. The Balaban J connectivity index is 0.00000300. The summed E-state index contributed by atoms with van der Waals surface area (Å²) in [5, 5.41) is 3.40. The lowest BCUT2D eigenvalue weighted by Crippen LogP contribution is -2.33. The highest BCUT2D eigenvalue weighted by Gasteiger charge is 2.10. The molecule has 0 bridgehead atoms. The molecule has 29 heavy (non-hydrogen) atoms. The van der Waals surface area contributed by atoms with E-state index in [0.717, 1.165) is 5.56 Å². The van der Waals surface area contributed by atoms with Crippen molar-refractivity contribution in [3.8, 4) is 0 Å².